The number of aromatic hydroxyl groups is 1. The Balaban J connectivity index is 1.26. The van der Waals surface area contributed by atoms with Gasteiger partial charge < -0.3 is 30.2 Å². The standard InChI is InChI=1S/C37H36N4O5/c1-23-3-5-26(6-4-23)31-21-41(20-24-13-15-46-16-14-24)22-32(35(31)43)37(44)40-29-10-7-25(8-11-29)30-17-28(19-39-36(30)38)27-9-12-34(45-2)33(42)18-27/h3-12,17-19,21-22,24,42H,13-16,20H2,1-2H3,(H2,38,39)(H,40,44). The van der Waals surface area contributed by atoms with Crippen molar-refractivity contribution in [3.63, 3.8) is 0 Å². The van der Waals surface area contributed by atoms with Crippen LogP contribution in [0.1, 0.15) is 28.8 Å². The van der Waals surface area contributed by atoms with Gasteiger partial charge in [-0.2, -0.15) is 0 Å². The maximum Gasteiger partial charge on any atom is 0.261 e. The predicted molar refractivity (Wildman–Crippen MR) is 180 cm³/mol. The number of carbonyl (C=O) groups is 1. The van der Waals surface area contributed by atoms with E-state index in [2.05, 4.69) is 10.3 Å². The van der Waals surface area contributed by atoms with Crippen molar-refractivity contribution < 1.29 is 19.4 Å². The van der Waals surface area contributed by atoms with Crippen LogP contribution in [-0.4, -0.2) is 40.9 Å². The summed E-state index contributed by atoms with van der Waals surface area (Å²) in [5.74, 6) is 0.677. The van der Waals surface area contributed by atoms with Crippen molar-refractivity contribution in [2.75, 3.05) is 31.4 Å². The number of anilines is 2. The molecule has 4 N–H and O–H groups in total. The Kier molecular flexibility index (Phi) is 8.85. The molecule has 9 nitrogen and oxygen atoms in total. The number of aryl methyl sites for hydroxylation is 1. The fourth-order valence-corrected chi connectivity index (χ4v) is 5.73. The Labute approximate surface area is 267 Å². The van der Waals surface area contributed by atoms with Crippen molar-refractivity contribution >= 4 is 17.4 Å². The molecule has 3 heterocycles. The molecular formula is C37H36N4O5. The van der Waals surface area contributed by atoms with Gasteiger partial charge in [0.05, 0.1) is 7.11 Å². The minimum Gasteiger partial charge on any atom is -0.504 e. The number of hydrogen-bond acceptors (Lipinski definition) is 7. The molecule has 2 aromatic heterocycles. The number of nitrogens with one attached hydrogen (secondary N) is 1. The molecular weight excluding hydrogens is 580 g/mol. The molecule has 0 radical (unpaired) electrons. The number of rotatable bonds is 8. The number of aromatic nitrogens is 2. The van der Waals surface area contributed by atoms with Crippen LogP contribution >= 0.6 is 0 Å². The van der Waals surface area contributed by atoms with Gasteiger partial charge in [0.25, 0.3) is 5.91 Å². The lowest BCUT2D eigenvalue weighted by Gasteiger charge is -2.23. The topological polar surface area (TPSA) is 129 Å². The molecule has 1 aliphatic rings. The minimum absolute atomic E-state index is 0.0261. The third-order valence-electron chi connectivity index (χ3n) is 8.38. The molecule has 6 rings (SSSR count). The lowest BCUT2D eigenvalue weighted by atomic mass is 9.99. The van der Waals surface area contributed by atoms with Crippen molar-refractivity contribution in [3.8, 4) is 44.9 Å². The molecule has 1 aliphatic heterocycles. The summed E-state index contributed by atoms with van der Waals surface area (Å²) in [5.41, 5.74) is 11.9. The van der Waals surface area contributed by atoms with Crippen molar-refractivity contribution in [2.24, 2.45) is 5.92 Å². The Morgan fingerprint density at radius 1 is 0.957 bits per heavy atom. The van der Waals surface area contributed by atoms with Crippen LogP contribution in [0.15, 0.2) is 96.2 Å². The molecule has 9 heteroatoms. The van der Waals surface area contributed by atoms with Crippen molar-refractivity contribution in [1.82, 2.24) is 9.55 Å². The van der Waals surface area contributed by atoms with Crippen LogP contribution < -0.4 is 21.2 Å². The summed E-state index contributed by atoms with van der Waals surface area (Å²) >= 11 is 0. The lowest BCUT2D eigenvalue weighted by Crippen LogP contribution is -2.26. The van der Waals surface area contributed by atoms with E-state index >= 15 is 0 Å². The fourth-order valence-electron chi connectivity index (χ4n) is 5.73. The number of amides is 1. The third kappa shape index (κ3) is 6.64. The highest BCUT2D eigenvalue weighted by Crippen LogP contribution is 2.34. The number of nitrogens with zero attached hydrogens (tertiary/aromatic N) is 2. The van der Waals surface area contributed by atoms with Gasteiger partial charge in [0, 0.05) is 60.7 Å². The highest BCUT2D eigenvalue weighted by Gasteiger charge is 2.20. The van der Waals surface area contributed by atoms with Gasteiger partial charge in [-0.1, -0.05) is 48.0 Å². The van der Waals surface area contributed by atoms with Gasteiger partial charge in [0.2, 0.25) is 5.43 Å². The molecule has 0 aliphatic carbocycles. The number of nitrogens with two attached hydrogens (primary N) is 1. The smallest absolute Gasteiger partial charge is 0.261 e. The van der Waals surface area contributed by atoms with Crippen LogP contribution in [0.25, 0.3) is 33.4 Å². The molecule has 0 atom stereocenters. The van der Waals surface area contributed by atoms with E-state index < -0.39 is 5.91 Å². The number of pyridine rings is 2. The maximum absolute atomic E-state index is 13.7. The van der Waals surface area contributed by atoms with E-state index in [1.807, 2.05) is 66.2 Å². The Morgan fingerprint density at radius 3 is 2.33 bits per heavy atom. The van der Waals surface area contributed by atoms with Gasteiger partial charge in [-0.15, -0.1) is 0 Å². The zero-order chi connectivity index (χ0) is 32.2. The van der Waals surface area contributed by atoms with E-state index in [0.29, 0.717) is 40.8 Å². The molecule has 3 aromatic carbocycles. The normalized spacial score (nSPS) is 13.3. The number of hydrogen-bond donors (Lipinski definition) is 3. The van der Waals surface area contributed by atoms with Crippen molar-refractivity contribution in [1.29, 1.82) is 0 Å². The van der Waals surface area contributed by atoms with Gasteiger partial charge >= 0.3 is 0 Å². The van der Waals surface area contributed by atoms with Crippen molar-refractivity contribution in [2.45, 2.75) is 26.3 Å². The summed E-state index contributed by atoms with van der Waals surface area (Å²) in [6, 6.07) is 22.0. The molecule has 1 amide bonds. The summed E-state index contributed by atoms with van der Waals surface area (Å²) in [6.07, 6.45) is 7.03. The van der Waals surface area contributed by atoms with E-state index in [1.165, 1.54) is 7.11 Å². The van der Waals surface area contributed by atoms with Crippen LogP contribution in [-0.2, 0) is 11.3 Å². The maximum atomic E-state index is 13.7. The summed E-state index contributed by atoms with van der Waals surface area (Å²) in [7, 11) is 1.50. The molecule has 46 heavy (non-hydrogen) atoms. The van der Waals surface area contributed by atoms with Crippen LogP contribution in [0.4, 0.5) is 11.5 Å². The number of benzene rings is 3. The van der Waals surface area contributed by atoms with Gasteiger partial charge in [-0.25, -0.2) is 4.98 Å². The second kappa shape index (κ2) is 13.3. The van der Waals surface area contributed by atoms with E-state index in [1.54, 1.807) is 36.7 Å². The van der Waals surface area contributed by atoms with E-state index in [0.717, 1.165) is 53.9 Å². The second-order valence-electron chi connectivity index (χ2n) is 11.6. The second-order valence-corrected chi connectivity index (χ2v) is 11.6. The zero-order valence-electron chi connectivity index (χ0n) is 25.8. The predicted octanol–water partition coefficient (Wildman–Crippen LogP) is 6.53. The summed E-state index contributed by atoms with van der Waals surface area (Å²) < 4.78 is 12.6. The molecule has 0 saturated carbocycles. The molecule has 5 aromatic rings. The molecule has 0 bridgehead atoms. The summed E-state index contributed by atoms with van der Waals surface area (Å²) in [6.45, 7) is 4.13. The highest BCUT2D eigenvalue weighted by molar-refractivity contribution is 6.04. The number of ether oxygens (including phenoxy) is 2. The third-order valence-corrected chi connectivity index (χ3v) is 8.38. The molecule has 1 fully saturated rings. The van der Waals surface area contributed by atoms with Crippen LogP contribution in [0.3, 0.4) is 0 Å². The molecule has 1 saturated heterocycles. The largest absolute Gasteiger partial charge is 0.504 e. The SMILES string of the molecule is COc1ccc(-c2cnc(N)c(-c3ccc(NC(=O)c4cn(CC5CCOCC5)cc(-c5ccc(C)cc5)c4=O)cc3)c2)cc1O. The van der Waals surface area contributed by atoms with Gasteiger partial charge in [0.15, 0.2) is 11.5 Å². The Morgan fingerprint density at radius 2 is 1.63 bits per heavy atom. The van der Waals surface area contributed by atoms with E-state index in [-0.39, 0.29) is 16.7 Å². The summed E-state index contributed by atoms with van der Waals surface area (Å²) in [4.78, 5) is 31.6. The average Bonchev–Trinajstić information content (AvgIpc) is 3.07. The average molecular weight is 617 g/mol. The monoisotopic (exact) mass is 616 g/mol. The van der Waals surface area contributed by atoms with E-state index in [4.69, 9.17) is 15.2 Å². The molecule has 0 spiro atoms. The first-order valence-electron chi connectivity index (χ1n) is 15.2. The molecule has 0 unspecified atom stereocenters. The number of carbonyl (C=O) groups excluding carboxylic acids is 1. The Bertz CT molecular complexity index is 1930. The van der Waals surface area contributed by atoms with Gasteiger partial charge in [-0.3, -0.25) is 9.59 Å². The van der Waals surface area contributed by atoms with Gasteiger partial charge in [0.1, 0.15) is 11.4 Å². The minimum atomic E-state index is -0.477. The lowest BCUT2D eigenvalue weighted by molar-refractivity contribution is 0.0612. The quantitative estimate of drug-likeness (QED) is 0.181. The number of nitrogen functional groups attached to an aromatic ring is 1. The van der Waals surface area contributed by atoms with Crippen molar-refractivity contribution in [3.05, 3.63) is 113 Å². The van der Waals surface area contributed by atoms with Gasteiger partial charge in [-0.05, 0) is 72.7 Å². The molecule has 234 valence electrons. The fraction of sp³-hybridized carbons (Fsp3) is 0.216. The Hall–Kier alpha value is -5.41. The number of phenols is 1. The van der Waals surface area contributed by atoms with Crippen LogP contribution in [0.2, 0.25) is 0 Å². The van der Waals surface area contributed by atoms with Crippen LogP contribution in [0.5, 0.6) is 11.5 Å². The number of phenolic OH excluding ortho intramolecular Hbond substituents is 1. The first-order valence-corrected chi connectivity index (χ1v) is 15.2. The first-order chi connectivity index (χ1) is 22.3. The van der Waals surface area contributed by atoms with Crippen LogP contribution in [0, 0.1) is 12.8 Å². The van der Waals surface area contributed by atoms with E-state index in [9.17, 15) is 14.7 Å². The number of methoxy groups -OCH3 is 1. The first kappa shape index (κ1) is 30.6. The highest BCUT2D eigenvalue weighted by atomic mass is 16.5. The summed E-state index contributed by atoms with van der Waals surface area (Å²) in [5, 5.41) is 13.1. The zero-order valence-corrected chi connectivity index (χ0v) is 25.8.